The zero-order valence-electron chi connectivity index (χ0n) is 19.3. The molecule has 4 heteroatoms. The molecule has 5 rings (SSSR count). The maximum absolute atomic E-state index is 13.6. The highest BCUT2D eigenvalue weighted by Crippen LogP contribution is 2.65. The van der Waals surface area contributed by atoms with Crippen molar-refractivity contribution in [2.75, 3.05) is 0 Å². The van der Waals surface area contributed by atoms with Crippen molar-refractivity contribution in [3.8, 4) is 0 Å². The van der Waals surface area contributed by atoms with Crippen LogP contribution in [-0.4, -0.2) is 26.3 Å². The van der Waals surface area contributed by atoms with Crippen molar-refractivity contribution in [1.82, 2.24) is 9.78 Å². The van der Waals surface area contributed by atoms with Gasteiger partial charge in [0.15, 0.2) is 5.78 Å². The molecule has 0 radical (unpaired) electrons. The normalized spacial score (nSPS) is 46.6. The first-order chi connectivity index (χ1) is 14.2. The highest BCUT2D eigenvalue weighted by Gasteiger charge is 2.59. The number of ketones is 1. The maximum atomic E-state index is 13.6. The van der Waals surface area contributed by atoms with E-state index in [0.29, 0.717) is 11.7 Å². The van der Waals surface area contributed by atoms with E-state index in [4.69, 9.17) is 0 Å². The zero-order chi connectivity index (χ0) is 21.3. The van der Waals surface area contributed by atoms with Crippen LogP contribution in [0.5, 0.6) is 0 Å². The highest BCUT2D eigenvalue weighted by atomic mass is 16.3. The number of fused-ring (bicyclic) bond motifs is 5. The van der Waals surface area contributed by atoms with E-state index in [2.05, 4.69) is 12.0 Å². The molecular weight excluding hydrogens is 372 g/mol. The Morgan fingerprint density at radius 3 is 2.60 bits per heavy atom. The maximum Gasteiger partial charge on any atom is 0.160 e. The molecule has 1 heterocycles. The predicted octanol–water partition coefficient (Wildman–Crippen LogP) is 5.34. The fourth-order valence-corrected chi connectivity index (χ4v) is 8.62. The summed E-state index contributed by atoms with van der Waals surface area (Å²) in [6, 6.07) is -0.159. The Kier molecular flexibility index (Phi) is 4.96. The van der Waals surface area contributed by atoms with Gasteiger partial charge in [-0.15, -0.1) is 0 Å². The first kappa shape index (κ1) is 20.7. The van der Waals surface area contributed by atoms with Gasteiger partial charge in [0.05, 0.1) is 11.8 Å². The van der Waals surface area contributed by atoms with E-state index in [0.717, 1.165) is 48.5 Å². The minimum absolute atomic E-state index is 0.159. The van der Waals surface area contributed by atoms with Gasteiger partial charge in [0, 0.05) is 12.1 Å². The van der Waals surface area contributed by atoms with E-state index < -0.39 is 5.60 Å². The number of carbonyl (C=O) groups excluding carboxylic acids is 1. The van der Waals surface area contributed by atoms with Crippen LogP contribution >= 0.6 is 0 Å². The van der Waals surface area contributed by atoms with Crippen LogP contribution in [0.15, 0.2) is 12.4 Å². The van der Waals surface area contributed by atoms with Gasteiger partial charge in [0.2, 0.25) is 0 Å². The zero-order valence-corrected chi connectivity index (χ0v) is 19.3. The lowest BCUT2D eigenvalue weighted by Gasteiger charge is -2.57. The molecule has 4 saturated carbocycles. The average Bonchev–Trinajstić information content (AvgIpc) is 3.28. The van der Waals surface area contributed by atoms with E-state index in [1.54, 1.807) is 0 Å². The Morgan fingerprint density at radius 1 is 1.10 bits per heavy atom. The smallest absolute Gasteiger partial charge is 0.160 e. The van der Waals surface area contributed by atoms with Gasteiger partial charge in [-0.25, -0.2) is 0 Å². The molecule has 30 heavy (non-hydrogen) atoms. The van der Waals surface area contributed by atoms with E-state index in [-0.39, 0.29) is 17.4 Å². The van der Waals surface area contributed by atoms with Crippen LogP contribution in [-0.2, 0) is 4.79 Å². The van der Waals surface area contributed by atoms with E-state index >= 15 is 0 Å². The van der Waals surface area contributed by atoms with Gasteiger partial charge in [-0.1, -0.05) is 6.92 Å². The standard InChI is InChI=1S/C26H40N2O2/c1-16-14-27-28(15-16)17(2)24(29)23-8-7-22-21-6-5-18-13-25(3,30)11-9-19(18)20(21)10-12-26(22,23)4/h14-15,17-23,30H,5-13H2,1-4H3/t17-,18-,19+,20-,21-,22+,23-,25-,26+/m1/s1. The number of Topliss-reactive ketones (excluding diaryl/α,β-unsaturated/α-hetero) is 1. The molecule has 4 aliphatic rings. The Balaban J connectivity index is 1.34. The summed E-state index contributed by atoms with van der Waals surface area (Å²) in [6.45, 7) is 8.57. The molecule has 0 amide bonds. The molecule has 4 fully saturated rings. The summed E-state index contributed by atoms with van der Waals surface area (Å²) in [7, 11) is 0. The van der Waals surface area contributed by atoms with Crippen molar-refractivity contribution in [3.63, 3.8) is 0 Å². The second-order valence-electron chi connectivity index (χ2n) is 11.9. The monoisotopic (exact) mass is 412 g/mol. The minimum Gasteiger partial charge on any atom is -0.390 e. The number of hydrogen-bond donors (Lipinski definition) is 1. The number of aryl methyl sites for hydroxylation is 1. The lowest BCUT2D eigenvalue weighted by atomic mass is 9.49. The molecule has 0 aromatic carbocycles. The summed E-state index contributed by atoms with van der Waals surface area (Å²) in [6.07, 6.45) is 14.4. The molecule has 4 nitrogen and oxygen atoms in total. The highest BCUT2D eigenvalue weighted by molar-refractivity contribution is 5.85. The third-order valence-electron chi connectivity index (χ3n) is 10.1. The van der Waals surface area contributed by atoms with Crippen LogP contribution in [0.1, 0.15) is 90.2 Å². The molecule has 0 unspecified atom stereocenters. The third-order valence-corrected chi connectivity index (χ3v) is 10.1. The molecule has 0 bridgehead atoms. The fraction of sp³-hybridized carbons (Fsp3) is 0.846. The molecular formula is C26H40N2O2. The fourth-order valence-electron chi connectivity index (χ4n) is 8.62. The Hall–Kier alpha value is -1.16. The van der Waals surface area contributed by atoms with Gasteiger partial charge in [-0.2, -0.15) is 5.10 Å². The van der Waals surface area contributed by atoms with Crippen molar-refractivity contribution in [3.05, 3.63) is 18.0 Å². The molecule has 0 saturated heterocycles. The van der Waals surface area contributed by atoms with Crippen molar-refractivity contribution < 1.29 is 9.90 Å². The van der Waals surface area contributed by atoms with Crippen molar-refractivity contribution in [1.29, 1.82) is 0 Å². The number of carbonyl (C=O) groups is 1. The van der Waals surface area contributed by atoms with Crippen LogP contribution < -0.4 is 0 Å². The van der Waals surface area contributed by atoms with E-state index in [1.165, 1.54) is 38.5 Å². The lowest BCUT2D eigenvalue weighted by Crippen LogP contribution is -2.51. The molecule has 0 spiro atoms. The van der Waals surface area contributed by atoms with Crippen LogP contribution in [0.4, 0.5) is 0 Å². The molecule has 1 aromatic heterocycles. The van der Waals surface area contributed by atoms with Gasteiger partial charge in [-0.05, 0) is 119 Å². The van der Waals surface area contributed by atoms with Gasteiger partial charge in [0.1, 0.15) is 6.04 Å². The first-order valence-electron chi connectivity index (χ1n) is 12.5. The molecule has 1 N–H and O–H groups in total. The second-order valence-corrected chi connectivity index (χ2v) is 11.9. The third kappa shape index (κ3) is 3.20. The second kappa shape index (κ2) is 7.18. The Bertz CT molecular complexity index is 814. The quantitative estimate of drug-likeness (QED) is 0.729. The number of hydrogen-bond acceptors (Lipinski definition) is 3. The summed E-state index contributed by atoms with van der Waals surface area (Å²) in [5, 5.41) is 15.0. The summed E-state index contributed by atoms with van der Waals surface area (Å²) in [5.74, 6) is 4.47. The Morgan fingerprint density at radius 2 is 1.87 bits per heavy atom. The largest absolute Gasteiger partial charge is 0.390 e. The number of aromatic nitrogens is 2. The summed E-state index contributed by atoms with van der Waals surface area (Å²) in [5.41, 5.74) is 0.846. The molecule has 4 aliphatic carbocycles. The van der Waals surface area contributed by atoms with Crippen LogP contribution in [0, 0.1) is 47.8 Å². The minimum atomic E-state index is -0.441. The van der Waals surface area contributed by atoms with Gasteiger partial charge < -0.3 is 5.11 Å². The van der Waals surface area contributed by atoms with Gasteiger partial charge >= 0.3 is 0 Å². The molecule has 166 valence electrons. The van der Waals surface area contributed by atoms with Crippen molar-refractivity contribution >= 4 is 5.78 Å². The van der Waals surface area contributed by atoms with Crippen molar-refractivity contribution in [2.24, 2.45) is 40.9 Å². The van der Waals surface area contributed by atoms with E-state index in [1.807, 2.05) is 37.8 Å². The predicted molar refractivity (Wildman–Crippen MR) is 118 cm³/mol. The lowest BCUT2D eigenvalue weighted by molar-refractivity contribution is -0.135. The van der Waals surface area contributed by atoms with Crippen LogP contribution in [0.2, 0.25) is 0 Å². The summed E-state index contributed by atoms with van der Waals surface area (Å²) < 4.78 is 1.87. The summed E-state index contributed by atoms with van der Waals surface area (Å²) >= 11 is 0. The van der Waals surface area contributed by atoms with E-state index in [9.17, 15) is 9.90 Å². The Labute approximate surface area is 181 Å². The first-order valence-corrected chi connectivity index (χ1v) is 12.5. The topological polar surface area (TPSA) is 55.1 Å². The molecule has 0 aliphatic heterocycles. The molecule has 9 atom stereocenters. The SMILES string of the molecule is Cc1cnn([C@H](C)C(=O)[C@H]2CC[C@H]3[C@@H]4CC[C@@H]5C[C@](C)(O)CC[C@@H]5[C@H]4CC[C@]23C)c1. The number of nitrogens with zero attached hydrogens (tertiary/aromatic N) is 2. The summed E-state index contributed by atoms with van der Waals surface area (Å²) in [4.78, 5) is 13.6. The van der Waals surface area contributed by atoms with Gasteiger partial charge in [-0.3, -0.25) is 9.48 Å². The average molecular weight is 413 g/mol. The molecule has 1 aromatic rings. The van der Waals surface area contributed by atoms with Crippen molar-refractivity contribution in [2.45, 2.75) is 97.1 Å². The number of rotatable bonds is 3. The van der Waals surface area contributed by atoms with Crippen LogP contribution in [0.3, 0.4) is 0 Å². The van der Waals surface area contributed by atoms with Crippen LogP contribution in [0.25, 0.3) is 0 Å². The van der Waals surface area contributed by atoms with Gasteiger partial charge in [0.25, 0.3) is 0 Å². The number of aliphatic hydroxyl groups is 1.